The summed E-state index contributed by atoms with van der Waals surface area (Å²) in [6.07, 6.45) is 2.67. The highest BCUT2D eigenvalue weighted by atomic mass is 19.1. The molecule has 2 fully saturated rings. The topological polar surface area (TPSA) is 15.3 Å². The van der Waals surface area contributed by atoms with Crippen LogP contribution < -0.4 is 5.32 Å². The Balaban J connectivity index is 1.79. The van der Waals surface area contributed by atoms with Crippen molar-refractivity contribution in [1.82, 2.24) is 10.2 Å². The normalized spacial score (nSPS) is 30.8. The zero-order chi connectivity index (χ0) is 15.0. The maximum Gasteiger partial charge on any atom is 0.123 e. The molecule has 1 N–H and O–H groups in total. The van der Waals surface area contributed by atoms with Gasteiger partial charge >= 0.3 is 0 Å². The molecule has 1 saturated carbocycles. The predicted octanol–water partition coefficient (Wildman–Crippen LogP) is 3.42. The Bertz CT molecular complexity index is 498. The van der Waals surface area contributed by atoms with Gasteiger partial charge in [-0.1, -0.05) is 26.0 Å². The van der Waals surface area contributed by atoms with Crippen LogP contribution in [0, 0.1) is 17.7 Å². The highest BCUT2D eigenvalue weighted by Gasteiger charge is 2.48. The molecule has 1 saturated heterocycles. The van der Waals surface area contributed by atoms with E-state index in [1.54, 1.807) is 6.07 Å². The second kappa shape index (κ2) is 5.69. The summed E-state index contributed by atoms with van der Waals surface area (Å²) in [4.78, 5) is 2.60. The Morgan fingerprint density at radius 1 is 1.38 bits per heavy atom. The van der Waals surface area contributed by atoms with E-state index in [0.717, 1.165) is 31.1 Å². The van der Waals surface area contributed by atoms with Crippen molar-refractivity contribution in [2.45, 2.75) is 51.7 Å². The Labute approximate surface area is 127 Å². The first-order valence-electron chi connectivity index (χ1n) is 8.22. The molecule has 0 bridgehead atoms. The Morgan fingerprint density at radius 2 is 2.14 bits per heavy atom. The van der Waals surface area contributed by atoms with Gasteiger partial charge in [-0.2, -0.15) is 0 Å². The Kier molecular flexibility index (Phi) is 4.06. The van der Waals surface area contributed by atoms with Gasteiger partial charge in [-0.05, 0) is 49.3 Å². The minimum Gasteiger partial charge on any atom is -0.311 e. The van der Waals surface area contributed by atoms with Crippen molar-refractivity contribution in [2.24, 2.45) is 11.8 Å². The van der Waals surface area contributed by atoms with E-state index in [0.29, 0.717) is 12.0 Å². The summed E-state index contributed by atoms with van der Waals surface area (Å²) in [6.45, 7) is 9.90. The third-order valence-corrected chi connectivity index (χ3v) is 5.39. The first-order valence-corrected chi connectivity index (χ1v) is 8.22. The highest BCUT2D eigenvalue weighted by Crippen LogP contribution is 2.44. The SMILES string of the molecule is CC(C)C1CN(Cc2cccc(F)c2)C(C)(C2CC2)CN1. The molecule has 1 aromatic carbocycles. The van der Waals surface area contributed by atoms with E-state index in [2.05, 4.69) is 31.0 Å². The number of piperazine rings is 1. The average molecular weight is 290 g/mol. The van der Waals surface area contributed by atoms with E-state index in [4.69, 9.17) is 0 Å². The second-order valence-electron chi connectivity index (χ2n) is 7.37. The summed E-state index contributed by atoms with van der Waals surface area (Å²) < 4.78 is 13.5. The van der Waals surface area contributed by atoms with Gasteiger partial charge in [0.1, 0.15) is 5.82 Å². The van der Waals surface area contributed by atoms with Crippen molar-refractivity contribution < 1.29 is 4.39 Å². The number of nitrogens with one attached hydrogen (secondary N) is 1. The number of hydrogen-bond donors (Lipinski definition) is 1. The molecule has 0 amide bonds. The second-order valence-corrected chi connectivity index (χ2v) is 7.37. The summed E-state index contributed by atoms with van der Waals surface area (Å²) in [5.74, 6) is 1.30. The molecular weight excluding hydrogens is 263 g/mol. The molecule has 0 aromatic heterocycles. The van der Waals surface area contributed by atoms with Crippen molar-refractivity contribution in [3.8, 4) is 0 Å². The fraction of sp³-hybridized carbons (Fsp3) is 0.667. The molecule has 2 atom stereocenters. The molecule has 2 aliphatic rings. The first-order chi connectivity index (χ1) is 9.99. The van der Waals surface area contributed by atoms with E-state index in [1.807, 2.05) is 12.1 Å². The zero-order valence-corrected chi connectivity index (χ0v) is 13.4. The minimum absolute atomic E-state index is 0.129. The van der Waals surface area contributed by atoms with Crippen LogP contribution in [0.3, 0.4) is 0 Å². The van der Waals surface area contributed by atoms with Crippen molar-refractivity contribution in [3.63, 3.8) is 0 Å². The summed E-state index contributed by atoms with van der Waals surface area (Å²) in [5.41, 5.74) is 1.31. The van der Waals surface area contributed by atoms with Gasteiger partial charge in [0.25, 0.3) is 0 Å². The molecular formula is C18H27FN2. The molecule has 3 rings (SSSR count). The lowest BCUT2D eigenvalue weighted by atomic mass is 9.87. The van der Waals surface area contributed by atoms with Crippen LogP contribution in [0.25, 0.3) is 0 Å². The van der Waals surface area contributed by atoms with Crippen LogP contribution in [0.4, 0.5) is 4.39 Å². The van der Waals surface area contributed by atoms with Crippen molar-refractivity contribution >= 4 is 0 Å². The fourth-order valence-corrected chi connectivity index (χ4v) is 3.62. The van der Waals surface area contributed by atoms with E-state index in [9.17, 15) is 4.39 Å². The third-order valence-electron chi connectivity index (χ3n) is 5.39. The fourth-order valence-electron chi connectivity index (χ4n) is 3.62. The molecule has 116 valence electrons. The average Bonchev–Trinajstić information content (AvgIpc) is 3.26. The molecule has 1 aliphatic carbocycles. The Morgan fingerprint density at radius 3 is 2.76 bits per heavy atom. The standard InChI is InChI=1S/C18H27FN2/c1-13(2)17-11-21(10-14-5-4-6-16(19)9-14)18(3,12-20-17)15-7-8-15/h4-6,9,13,15,17,20H,7-8,10-12H2,1-3H3. The zero-order valence-electron chi connectivity index (χ0n) is 13.4. The van der Waals surface area contributed by atoms with Crippen LogP contribution in [0.5, 0.6) is 0 Å². The van der Waals surface area contributed by atoms with Gasteiger partial charge in [0.05, 0.1) is 0 Å². The van der Waals surface area contributed by atoms with Crippen molar-refractivity contribution in [1.29, 1.82) is 0 Å². The van der Waals surface area contributed by atoms with Gasteiger partial charge in [0.15, 0.2) is 0 Å². The van der Waals surface area contributed by atoms with Gasteiger partial charge in [-0.25, -0.2) is 4.39 Å². The molecule has 1 aliphatic heterocycles. The number of nitrogens with zero attached hydrogens (tertiary/aromatic N) is 1. The first kappa shape index (κ1) is 15.0. The lowest BCUT2D eigenvalue weighted by Gasteiger charge is -2.49. The summed E-state index contributed by atoms with van der Waals surface area (Å²) in [6, 6.07) is 7.60. The van der Waals surface area contributed by atoms with E-state index in [-0.39, 0.29) is 11.4 Å². The monoisotopic (exact) mass is 290 g/mol. The van der Waals surface area contributed by atoms with E-state index < -0.39 is 0 Å². The third kappa shape index (κ3) is 3.14. The smallest absolute Gasteiger partial charge is 0.123 e. The van der Waals surface area contributed by atoms with Crippen molar-refractivity contribution in [3.05, 3.63) is 35.6 Å². The largest absolute Gasteiger partial charge is 0.311 e. The van der Waals surface area contributed by atoms with Gasteiger partial charge in [-0.15, -0.1) is 0 Å². The maximum atomic E-state index is 13.5. The maximum absolute atomic E-state index is 13.5. The van der Waals surface area contributed by atoms with Crippen LogP contribution in [0.2, 0.25) is 0 Å². The molecule has 1 aromatic rings. The lowest BCUT2D eigenvalue weighted by molar-refractivity contribution is 0.0186. The minimum atomic E-state index is -0.129. The molecule has 1 heterocycles. The summed E-state index contributed by atoms with van der Waals surface area (Å²) in [5, 5.41) is 3.74. The Hall–Kier alpha value is -0.930. The van der Waals surface area contributed by atoms with Gasteiger partial charge < -0.3 is 5.32 Å². The van der Waals surface area contributed by atoms with E-state index in [1.165, 1.54) is 18.9 Å². The quantitative estimate of drug-likeness (QED) is 0.914. The molecule has 0 radical (unpaired) electrons. The van der Waals surface area contributed by atoms with Crippen LogP contribution in [-0.2, 0) is 6.54 Å². The predicted molar refractivity (Wildman–Crippen MR) is 84.6 cm³/mol. The van der Waals surface area contributed by atoms with Gasteiger partial charge in [0.2, 0.25) is 0 Å². The molecule has 3 heteroatoms. The van der Waals surface area contributed by atoms with Crippen molar-refractivity contribution in [2.75, 3.05) is 13.1 Å². The molecule has 0 spiro atoms. The molecule has 2 nitrogen and oxygen atoms in total. The number of rotatable bonds is 4. The van der Waals surface area contributed by atoms with Crippen LogP contribution in [-0.4, -0.2) is 29.6 Å². The summed E-state index contributed by atoms with van der Waals surface area (Å²) in [7, 11) is 0. The highest BCUT2D eigenvalue weighted by molar-refractivity contribution is 5.18. The molecule has 2 unspecified atom stereocenters. The van der Waals surface area contributed by atoms with E-state index >= 15 is 0 Å². The lowest BCUT2D eigenvalue weighted by Crippen LogP contribution is -2.65. The number of hydrogen-bond acceptors (Lipinski definition) is 2. The van der Waals surface area contributed by atoms with Gasteiger partial charge in [-0.3, -0.25) is 4.90 Å². The van der Waals surface area contributed by atoms with Crippen LogP contribution in [0.1, 0.15) is 39.2 Å². The van der Waals surface area contributed by atoms with Crippen LogP contribution in [0.15, 0.2) is 24.3 Å². The van der Waals surface area contributed by atoms with Gasteiger partial charge in [0, 0.05) is 31.2 Å². The number of halogens is 1. The number of benzene rings is 1. The van der Waals surface area contributed by atoms with Crippen LogP contribution >= 0.6 is 0 Å². The summed E-state index contributed by atoms with van der Waals surface area (Å²) >= 11 is 0. The molecule has 21 heavy (non-hydrogen) atoms.